The summed E-state index contributed by atoms with van der Waals surface area (Å²) < 4.78 is 4.44. The monoisotopic (exact) mass is 192 g/mol. The molecule has 4 nitrogen and oxygen atoms in total. The summed E-state index contributed by atoms with van der Waals surface area (Å²) in [4.78, 5) is 10.8. The number of methoxy groups -OCH3 is 1. The Bertz CT molecular complexity index is 372. The lowest BCUT2D eigenvalue weighted by Crippen LogP contribution is -1.95. The molecule has 1 aromatic rings. The average molecular weight is 192 g/mol. The molecule has 0 spiro atoms. The second-order valence-corrected chi connectivity index (χ2v) is 2.74. The smallest absolute Gasteiger partial charge is 0.330 e. The number of rotatable bonds is 2. The SMILES string of the molecule is COC(=O)C=Cc1ccc(N)c(N)c1. The van der Waals surface area contributed by atoms with Crippen molar-refractivity contribution in [1.29, 1.82) is 0 Å². The lowest BCUT2D eigenvalue weighted by Gasteiger charge is -2.00. The van der Waals surface area contributed by atoms with E-state index < -0.39 is 5.97 Å². The van der Waals surface area contributed by atoms with Crippen molar-refractivity contribution in [2.75, 3.05) is 18.6 Å². The Morgan fingerprint density at radius 2 is 2.07 bits per heavy atom. The first-order valence-corrected chi connectivity index (χ1v) is 4.04. The van der Waals surface area contributed by atoms with Crippen molar-refractivity contribution in [3.63, 3.8) is 0 Å². The Morgan fingerprint density at radius 1 is 1.36 bits per heavy atom. The largest absolute Gasteiger partial charge is 0.466 e. The van der Waals surface area contributed by atoms with Crippen LogP contribution in [0, 0.1) is 0 Å². The fraction of sp³-hybridized carbons (Fsp3) is 0.100. The average Bonchev–Trinajstić information content (AvgIpc) is 2.19. The third-order valence-corrected chi connectivity index (χ3v) is 1.72. The van der Waals surface area contributed by atoms with Gasteiger partial charge >= 0.3 is 5.97 Å². The maximum absolute atomic E-state index is 10.8. The van der Waals surface area contributed by atoms with Gasteiger partial charge in [0, 0.05) is 6.08 Å². The van der Waals surface area contributed by atoms with Crippen LogP contribution in [0.25, 0.3) is 6.08 Å². The number of esters is 1. The molecule has 1 aromatic carbocycles. The highest BCUT2D eigenvalue weighted by molar-refractivity contribution is 5.87. The highest BCUT2D eigenvalue weighted by Gasteiger charge is 1.95. The molecule has 74 valence electrons. The standard InChI is InChI=1S/C10H12N2O2/c1-14-10(13)5-3-7-2-4-8(11)9(12)6-7/h2-6H,11-12H2,1H3. The van der Waals surface area contributed by atoms with Gasteiger partial charge in [-0.3, -0.25) is 0 Å². The molecule has 0 heterocycles. The number of hydrogen-bond donors (Lipinski definition) is 2. The predicted molar refractivity (Wildman–Crippen MR) is 56.3 cm³/mol. The summed E-state index contributed by atoms with van der Waals surface area (Å²) in [5, 5.41) is 0. The van der Waals surface area contributed by atoms with E-state index in [0.29, 0.717) is 11.4 Å². The van der Waals surface area contributed by atoms with Gasteiger partial charge < -0.3 is 16.2 Å². The van der Waals surface area contributed by atoms with Gasteiger partial charge in [-0.25, -0.2) is 4.79 Å². The van der Waals surface area contributed by atoms with Crippen LogP contribution in [0.2, 0.25) is 0 Å². The summed E-state index contributed by atoms with van der Waals surface area (Å²) in [5.41, 5.74) is 12.9. The summed E-state index contributed by atoms with van der Waals surface area (Å²) in [7, 11) is 1.32. The van der Waals surface area contributed by atoms with Crippen LogP contribution in [0.5, 0.6) is 0 Å². The van der Waals surface area contributed by atoms with Crippen molar-refractivity contribution < 1.29 is 9.53 Å². The number of anilines is 2. The number of nitrogens with two attached hydrogens (primary N) is 2. The maximum atomic E-state index is 10.8. The minimum atomic E-state index is -0.402. The Labute approximate surface area is 82.2 Å². The summed E-state index contributed by atoms with van der Waals surface area (Å²) in [5.74, 6) is -0.402. The van der Waals surface area contributed by atoms with Crippen molar-refractivity contribution in [3.8, 4) is 0 Å². The number of hydrogen-bond acceptors (Lipinski definition) is 4. The zero-order valence-electron chi connectivity index (χ0n) is 7.86. The second kappa shape index (κ2) is 4.32. The molecule has 0 unspecified atom stereocenters. The Kier molecular flexibility index (Phi) is 3.12. The highest BCUT2D eigenvalue weighted by atomic mass is 16.5. The summed E-state index contributed by atoms with van der Waals surface area (Å²) in [6.07, 6.45) is 2.94. The van der Waals surface area contributed by atoms with Crippen LogP contribution in [-0.4, -0.2) is 13.1 Å². The van der Waals surface area contributed by atoms with Gasteiger partial charge in [0.15, 0.2) is 0 Å². The van der Waals surface area contributed by atoms with Crippen LogP contribution in [0.15, 0.2) is 24.3 Å². The van der Waals surface area contributed by atoms with E-state index in [1.165, 1.54) is 13.2 Å². The number of nitrogen functional groups attached to an aromatic ring is 2. The molecule has 4 heteroatoms. The molecule has 1 rings (SSSR count). The van der Waals surface area contributed by atoms with Gasteiger partial charge in [0.25, 0.3) is 0 Å². The summed E-state index contributed by atoms with van der Waals surface area (Å²) >= 11 is 0. The lowest BCUT2D eigenvalue weighted by atomic mass is 10.1. The molecule has 0 saturated heterocycles. The number of carbonyl (C=O) groups excluding carboxylic acids is 1. The van der Waals surface area contributed by atoms with E-state index in [4.69, 9.17) is 11.5 Å². The molecule has 0 fully saturated rings. The van der Waals surface area contributed by atoms with Gasteiger partial charge in [0.1, 0.15) is 0 Å². The minimum Gasteiger partial charge on any atom is -0.466 e. The van der Waals surface area contributed by atoms with Gasteiger partial charge in [-0.2, -0.15) is 0 Å². The van der Waals surface area contributed by atoms with E-state index in [0.717, 1.165) is 5.56 Å². The quantitative estimate of drug-likeness (QED) is 0.417. The molecule has 0 radical (unpaired) electrons. The molecule has 0 aliphatic carbocycles. The van der Waals surface area contributed by atoms with Crippen LogP contribution in [-0.2, 0) is 9.53 Å². The molecule has 0 atom stereocenters. The highest BCUT2D eigenvalue weighted by Crippen LogP contribution is 2.16. The van der Waals surface area contributed by atoms with E-state index in [1.807, 2.05) is 0 Å². The first-order valence-electron chi connectivity index (χ1n) is 4.04. The third kappa shape index (κ3) is 2.52. The van der Waals surface area contributed by atoms with Gasteiger partial charge in [0.05, 0.1) is 18.5 Å². The van der Waals surface area contributed by atoms with Crippen molar-refractivity contribution in [2.24, 2.45) is 0 Å². The van der Waals surface area contributed by atoms with Gasteiger partial charge in [0.2, 0.25) is 0 Å². The fourth-order valence-electron chi connectivity index (χ4n) is 0.929. The van der Waals surface area contributed by atoms with Crippen molar-refractivity contribution in [3.05, 3.63) is 29.8 Å². The molecule has 0 saturated carbocycles. The topological polar surface area (TPSA) is 78.3 Å². The van der Waals surface area contributed by atoms with Crippen LogP contribution >= 0.6 is 0 Å². The lowest BCUT2D eigenvalue weighted by molar-refractivity contribution is -0.134. The first kappa shape index (κ1) is 10.1. The molecule has 0 aromatic heterocycles. The van der Waals surface area contributed by atoms with E-state index in [1.54, 1.807) is 24.3 Å². The molecule has 0 aliphatic rings. The molecule has 0 aliphatic heterocycles. The molecular formula is C10H12N2O2. The van der Waals surface area contributed by atoms with Crippen LogP contribution in [0.3, 0.4) is 0 Å². The summed E-state index contributed by atoms with van der Waals surface area (Å²) in [6, 6.07) is 5.15. The van der Waals surface area contributed by atoms with Gasteiger partial charge in [-0.1, -0.05) is 6.07 Å². The molecule has 0 amide bonds. The predicted octanol–water partition coefficient (Wildman–Crippen LogP) is 1.04. The van der Waals surface area contributed by atoms with Gasteiger partial charge in [-0.15, -0.1) is 0 Å². The summed E-state index contributed by atoms with van der Waals surface area (Å²) in [6.45, 7) is 0. The van der Waals surface area contributed by atoms with Crippen LogP contribution < -0.4 is 11.5 Å². The Balaban J connectivity index is 2.83. The van der Waals surface area contributed by atoms with Crippen molar-refractivity contribution in [1.82, 2.24) is 0 Å². The minimum absolute atomic E-state index is 0.402. The van der Waals surface area contributed by atoms with E-state index in [2.05, 4.69) is 4.74 Å². The number of ether oxygens (including phenoxy) is 1. The maximum Gasteiger partial charge on any atom is 0.330 e. The van der Waals surface area contributed by atoms with Crippen molar-refractivity contribution in [2.45, 2.75) is 0 Å². The van der Waals surface area contributed by atoms with E-state index in [-0.39, 0.29) is 0 Å². The zero-order valence-corrected chi connectivity index (χ0v) is 7.86. The van der Waals surface area contributed by atoms with Crippen LogP contribution in [0.4, 0.5) is 11.4 Å². The molecule has 0 bridgehead atoms. The Hall–Kier alpha value is -1.97. The van der Waals surface area contributed by atoms with Crippen LogP contribution in [0.1, 0.15) is 5.56 Å². The van der Waals surface area contributed by atoms with Crippen molar-refractivity contribution >= 4 is 23.4 Å². The number of carbonyl (C=O) groups is 1. The first-order chi connectivity index (χ1) is 6.63. The number of benzene rings is 1. The van der Waals surface area contributed by atoms with E-state index >= 15 is 0 Å². The second-order valence-electron chi connectivity index (χ2n) is 2.74. The fourth-order valence-corrected chi connectivity index (χ4v) is 0.929. The Morgan fingerprint density at radius 3 is 2.64 bits per heavy atom. The normalized spacial score (nSPS) is 10.4. The van der Waals surface area contributed by atoms with E-state index in [9.17, 15) is 4.79 Å². The molecule has 4 N–H and O–H groups in total. The van der Waals surface area contributed by atoms with Gasteiger partial charge in [-0.05, 0) is 23.8 Å². The zero-order chi connectivity index (χ0) is 10.6. The molecular weight excluding hydrogens is 180 g/mol. The molecule has 14 heavy (non-hydrogen) atoms. The third-order valence-electron chi connectivity index (χ3n) is 1.72.